The number of hydrogen-bond donors (Lipinski definition) is 0. The fraction of sp³-hybridized carbons (Fsp3) is 0.345. The first-order chi connectivity index (χ1) is 18.1. The fourth-order valence-corrected chi connectivity index (χ4v) is 5.57. The van der Waals surface area contributed by atoms with Gasteiger partial charge in [-0.3, -0.25) is 9.36 Å². The van der Waals surface area contributed by atoms with E-state index in [1.165, 1.54) is 11.3 Å². The third-order valence-electron chi connectivity index (χ3n) is 5.83. The number of rotatable bonds is 8. The Morgan fingerprint density at radius 1 is 1.16 bits per heavy atom. The van der Waals surface area contributed by atoms with E-state index < -0.39 is 12.0 Å². The maximum absolute atomic E-state index is 13.9. The number of esters is 1. The van der Waals surface area contributed by atoms with Crippen LogP contribution in [0.4, 0.5) is 0 Å². The van der Waals surface area contributed by atoms with E-state index in [0.29, 0.717) is 44.4 Å². The van der Waals surface area contributed by atoms with Crippen molar-refractivity contribution in [2.75, 3.05) is 13.7 Å². The molecular formula is C29H31BrN2O5S. The molecule has 1 aromatic heterocycles. The SMILES string of the molecule is COc1ccc(Br)cc1[C@@H]1C(C(=O)OC(C)C)=C(C)N=c2s/c(=C\c3ccc(OCC(C)C)cc3)c(=O)n21. The highest BCUT2D eigenvalue weighted by atomic mass is 79.9. The molecule has 0 fully saturated rings. The van der Waals surface area contributed by atoms with Crippen LogP contribution in [0, 0.1) is 5.92 Å². The first-order valence-corrected chi connectivity index (χ1v) is 14.0. The van der Waals surface area contributed by atoms with Crippen LogP contribution in [0.1, 0.15) is 51.8 Å². The average Bonchev–Trinajstić information content (AvgIpc) is 3.16. The Labute approximate surface area is 234 Å². The molecule has 0 unspecified atom stereocenters. The number of fused-ring (bicyclic) bond motifs is 1. The normalized spacial score (nSPS) is 15.5. The molecule has 0 radical (unpaired) electrons. The number of benzene rings is 2. The van der Waals surface area contributed by atoms with Crippen LogP contribution in [0.15, 0.2) is 68.0 Å². The third kappa shape index (κ3) is 5.94. The first-order valence-electron chi connectivity index (χ1n) is 12.4. The Hall–Kier alpha value is -3.17. The molecule has 0 spiro atoms. The van der Waals surface area contributed by atoms with Crippen LogP contribution in [0.25, 0.3) is 6.08 Å². The van der Waals surface area contributed by atoms with Crippen molar-refractivity contribution in [1.82, 2.24) is 4.57 Å². The molecule has 0 saturated heterocycles. The highest BCUT2D eigenvalue weighted by Crippen LogP contribution is 2.37. The number of halogens is 1. The minimum Gasteiger partial charge on any atom is -0.496 e. The van der Waals surface area contributed by atoms with Crippen molar-refractivity contribution >= 4 is 39.3 Å². The predicted molar refractivity (Wildman–Crippen MR) is 152 cm³/mol. The smallest absolute Gasteiger partial charge is 0.338 e. The van der Waals surface area contributed by atoms with Crippen molar-refractivity contribution in [3.05, 3.63) is 89.0 Å². The second-order valence-corrected chi connectivity index (χ2v) is 11.6. The van der Waals surface area contributed by atoms with Gasteiger partial charge in [0.2, 0.25) is 0 Å². The summed E-state index contributed by atoms with van der Waals surface area (Å²) < 4.78 is 19.9. The molecule has 1 atom stereocenters. The third-order valence-corrected chi connectivity index (χ3v) is 7.31. The zero-order valence-electron chi connectivity index (χ0n) is 22.3. The molecular weight excluding hydrogens is 568 g/mol. The summed E-state index contributed by atoms with van der Waals surface area (Å²) in [5.74, 6) is 1.25. The fourth-order valence-electron chi connectivity index (χ4n) is 4.15. The highest BCUT2D eigenvalue weighted by Gasteiger charge is 2.35. The van der Waals surface area contributed by atoms with E-state index in [1.807, 2.05) is 42.5 Å². The summed E-state index contributed by atoms with van der Waals surface area (Å²) in [4.78, 5) is 32.3. The van der Waals surface area contributed by atoms with Crippen molar-refractivity contribution in [3.8, 4) is 11.5 Å². The molecule has 3 aromatic rings. The number of aromatic nitrogens is 1. The Balaban J connectivity index is 1.87. The number of hydrogen-bond acceptors (Lipinski definition) is 7. The van der Waals surface area contributed by atoms with Crippen molar-refractivity contribution in [2.45, 2.75) is 46.8 Å². The number of allylic oxidation sites excluding steroid dienone is 1. The molecule has 0 saturated carbocycles. The van der Waals surface area contributed by atoms with E-state index in [9.17, 15) is 9.59 Å². The van der Waals surface area contributed by atoms with Crippen molar-refractivity contribution in [3.63, 3.8) is 0 Å². The van der Waals surface area contributed by atoms with Crippen LogP contribution >= 0.6 is 27.3 Å². The lowest BCUT2D eigenvalue weighted by Gasteiger charge is -2.26. The molecule has 200 valence electrons. The lowest BCUT2D eigenvalue weighted by molar-refractivity contribution is -0.143. The molecule has 1 aliphatic heterocycles. The zero-order valence-corrected chi connectivity index (χ0v) is 24.7. The van der Waals surface area contributed by atoms with Gasteiger partial charge >= 0.3 is 5.97 Å². The quantitative estimate of drug-likeness (QED) is 0.341. The highest BCUT2D eigenvalue weighted by molar-refractivity contribution is 9.10. The van der Waals surface area contributed by atoms with Crippen molar-refractivity contribution in [1.29, 1.82) is 0 Å². The molecule has 2 aromatic carbocycles. The van der Waals surface area contributed by atoms with Gasteiger partial charge in [-0.25, -0.2) is 9.79 Å². The van der Waals surface area contributed by atoms with Crippen molar-refractivity contribution < 1.29 is 19.0 Å². The average molecular weight is 600 g/mol. The summed E-state index contributed by atoms with van der Waals surface area (Å²) in [5, 5.41) is 0. The van der Waals surface area contributed by atoms with E-state index in [0.717, 1.165) is 15.8 Å². The van der Waals surface area contributed by atoms with Crippen LogP contribution in [-0.4, -0.2) is 30.4 Å². The Kier molecular flexibility index (Phi) is 8.57. The molecule has 38 heavy (non-hydrogen) atoms. The number of thiazole rings is 1. The summed E-state index contributed by atoms with van der Waals surface area (Å²) in [6.07, 6.45) is 1.50. The van der Waals surface area contributed by atoms with Gasteiger partial charge in [-0.15, -0.1) is 0 Å². The first kappa shape index (κ1) is 27.9. The molecule has 0 bridgehead atoms. The van der Waals surface area contributed by atoms with Crippen LogP contribution in [0.3, 0.4) is 0 Å². The maximum Gasteiger partial charge on any atom is 0.338 e. The van der Waals surface area contributed by atoms with Gasteiger partial charge in [0.1, 0.15) is 17.5 Å². The summed E-state index contributed by atoms with van der Waals surface area (Å²) in [6.45, 7) is 10.2. The largest absolute Gasteiger partial charge is 0.496 e. The van der Waals surface area contributed by atoms with Gasteiger partial charge in [-0.05, 0) is 68.7 Å². The van der Waals surface area contributed by atoms with Gasteiger partial charge in [0, 0.05) is 10.0 Å². The van der Waals surface area contributed by atoms with Gasteiger partial charge in [-0.1, -0.05) is 53.2 Å². The number of carbonyl (C=O) groups excluding carboxylic acids is 1. The molecule has 7 nitrogen and oxygen atoms in total. The summed E-state index contributed by atoms with van der Waals surface area (Å²) in [5.41, 5.74) is 2.08. The van der Waals surface area contributed by atoms with Crippen LogP contribution in [0.5, 0.6) is 11.5 Å². The molecule has 2 heterocycles. The van der Waals surface area contributed by atoms with E-state index in [2.05, 4.69) is 34.8 Å². The predicted octanol–water partition coefficient (Wildman–Crippen LogP) is 4.99. The Bertz CT molecular complexity index is 1550. The van der Waals surface area contributed by atoms with Crippen molar-refractivity contribution in [2.24, 2.45) is 10.9 Å². The van der Waals surface area contributed by atoms with E-state index in [-0.39, 0.29) is 11.7 Å². The molecule has 4 rings (SSSR count). The molecule has 0 N–H and O–H groups in total. The number of ether oxygens (including phenoxy) is 3. The monoisotopic (exact) mass is 598 g/mol. The second-order valence-electron chi connectivity index (χ2n) is 9.70. The molecule has 0 aliphatic carbocycles. The maximum atomic E-state index is 13.9. The van der Waals surface area contributed by atoms with Crippen LogP contribution in [0.2, 0.25) is 0 Å². The van der Waals surface area contributed by atoms with E-state index >= 15 is 0 Å². The minimum absolute atomic E-state index is 0.247. The summed E-state index contributed by atoms with van der Waals surface area (Å²) in [6, 6.07) is 12.4. The zero-order chi connectivity index (χ0) is 27.6. The van der Waals surface area contributed by atoms with Crippen LogP contribution in [-0.2, 0) is 9.53 Å². The number of methoxy groups -OCH3 is 1. The lowest BCUT2D eigenvalue weighted by atomic mass is 9.95. The minimum atomic E-state index is -0.765. The summed E-state index contributed by atoms with van der Waals surface area (Å²) >= 11 is 4.81. The number of carbonyl (C=O) groups is 1. The Morgan fingerprint density at radius 3 is 2.50 bits per heavy atom. The Morgan fingerprint density at radius 2 is 1.87 bits per heavy atom. The van der Waals surface area contributed by atoms with E-state index in [4.69, 9.17) is 14.2 Å². The molecule has 0 amide bonds. The molecule has 1 aliphatic rings. The van der Waals surface area contributed by atoms with E-state index in [1.54, 1.807) is 38.5 Å². The van der Waals surface area contributed by atoms with Crippen LogP contribution < -0.4 is 24.4 Å². The number of nitrogens with zero attached hydrogens (tertiary/aromatic N) is 2. The second kappa shape index (κ2) is 11.7. The lowest BCUT2D eigenvalue weighted by Crippen LogP contribution is -2.40. The van der Waals surface area contributed by atoms with Gasteiger partial charge in [-0.2, -0.15) is 0 Å². The van der Waals surface area contributed by atoms with Gasteiger partial charge in [0.15, 0.2) is 4.80 Å². The standard InChI is InChI=1S/C29H31BrN2O5S/c1-16(2)15-36-21-10-7-19(8-11-21)13-24-27(33)32-26(22-14-20(30)9-12-23(22)35-6)25(28(34)37-17(3)4)18(5)31-29(32)38-24/h7-14,16-17,26H,15H2,1-6H3/b24-13-/t26-/m1/s1. The topological polar surface area (TPSA) is 79.1 Å². The van der Waals surface area contributed by atoms with Gasteiger partial charge in [0.05, 0.1) is 35.6 Å². The summed E-state index contributed by atoms with van der Waals surface area (Å²) in [7, 11) is 1.56. The van der Waals surface area contributed by atoms with Gasteiger partial charge < -0.3 is 14.2 Å². The molecule has 9 heteroatoms. The van der Waals surface area contributed by atoms with Gasteiger partial charge in [0.25, 0.3) is 5.56 Å².